The smallest absolute Gasteiger partial charge is 0.320 e. The average molecular weight is 263 g/mol. The largest absolute Gasteiger partial charge is 0.480 e. The second-order valence-corrected chi connectivity index (χ2v) is 5.23. The van der Waals surface area contributed by atoms with Crippen LogP contribution in [0, 0.1) is 6.92 Å². The van der Waals surface area contributed by atoms with Crippen molar-refractivity contribution in [3.63, 3.8) is 0 Å². The van der Waals surface area contributed by atoms with Gasteiger partial charge in [0.05, 0.1) is 0 Å². The molecule has 0 saturated heterocycles. The number of carboxylic acid groups (broad SMARTS) is 1. The molecule has 19 heavy (non-hydrogen) atoms. The minimum absolute atomic E-state index is 0.166. The first-order valence-electron chi connectivity index (χ1n) is 7.08. The Hall–Kier alpha value is -1.35. The normalized spacial score (nSPS) is 14.1. The topological polar surface area (TPSA) is 49.3 Å². The number of rotatable bonds is 8. The molecule has 0 amide bonds. The predicted octanol–water partition coefficient (Wildman–Crippen LogP) is 3.16. The number of nitrogens with one attached hydrogen (secondary N) is 1. The maximum Gasteiger partial charge on any atom is 0.320 e. The number of hydrogen-bond donors (Lipinski definition) is 2. The fourth-order valence-corrected chi connectivity index (χ4v) is 2.26. The highest BCUT2D eigenvalue weighted by Crippen LogP contribution is 2.11. The molecule has 0 heterocycles. The zero-order chi connectivity index (χ0) is 14.3. The summed E-state index contributed by atoms with van der Waals surface area (Å²) < 4.78 is 0. The van der Waals surface area contributed by atoms with Crippen molar-refractivity contribution < 1.29 is 9.90 Å². The molecule has 0 radical (unpaired) electrons. The molecule has 106 valence electrons. The molecule has 1 rings (SSSR count). The van der Waals surface area contributed by atoms with Crippen molar-refractivity contribution in [2.45, 2.75) is 58.5 Å². The van der Waals surface area contributed by atoms with Crippen LogP contribution in [-0.4, -0.2) is 23.2 Å². The first-order valence-corrected chi connectivity index (χ1v) is 7.08. The van der Waals surface area contributed by atoms with Crippen molar-refractivity contribution in [1.29, 1.82) is 0 Å². The van der Waals surface area contributed by atoms with Crippen molar-refractivity contribution in [3.8, 4) is 0 Å². The van der Waals surface area contributed by atoms with E-state index in [0.29, 0.717) is 6.42 Å². The number of unbranched alkanes of at least 4 members (excludes halogenated alkanes) is 1. The number of carboxylic acids is 1. The van der Waals surface area contributed by atoms with Gasteiger partial charge in [0.1, 0.15) is 6.04 Å². The number of carbonyl (C=O) groups is 1. The lowest BCUT2D eigenvalue weighted by atomic mass is 10.0. The molecule has 0 bridgehead atoms. The quantitative estimate of drug-likeness (QED) is 0.757. The van der Waals surface area contributed by atoms with Gasteiger partial charge in [-0.15, -0.1) is 0 Å². The molecule has 0 aliphatic heterocycles. The van der Waals surface area contributed by atoms with Gasteiger partial charge in [-0.1, -0.05) is 44.0 Å². The number of aliphatic carboxylic acids is 1. The van der Waals surface area contributed by atoms with Crippen LogP contribution in [0.3, 0.4) is 0 Å². The fourth-order valence-electron chi connectivity index (χ4n) is 2.26. The Bertz CT molecular complexity index is 403. The van der Waals surface area contributed by atoms with Gasteiger partial charge in [-0.2, -0.15) is 0 Å². The highest BCUT2D eigenvalue weighted by atomic mass is 16.4. The molecular formula is C16H25NO2. The van der Waals surface area contributed by atoms with Crippen LogP contribution >= 0.6 is 0 Å². The maximum atomic E-state index is 11.2. The zero-order valence-electron chi connectivity index (χ0n) is 12.1. The minimum atomic E-state index is -0.745. The van der Waals surface area contributed by atoms with Crippen LogP contribution in [0.15, 0.2) is 24.3 Å². The first kappa shape index (κ1) is 15.7. The Labute approximate surface area is 116 Å². The third-order valence-electron chi connectivity index (χ3n) is 3.42. The monoisotopic (exact) mass is 263 g/mol. The highest BCUT2D eigenvalue weighted by molar-refractivity contribution is 5.73. The third kappa shape index (κ3) is 5.43. The van der Waals surface area contributed by atoms with Gasteiger partial charge in [-0.05, 0) is 37.8 Å². The first-order chi connectivity index (χ1) is 9.04. The van der Waals surface area contributed by atoms with Crippen LogP contribution in [-0.2, 0) is 11.2 Å². The van der Waals surface area contributed by atoms with E-state index in [0.717, 1.165) is 19.3 Å². The SMILES string of the molecule is CCCCC(NC(C)Cc1ccccc1C)C(=O)O. The molecule has 0 aromatic heterocycles. The Balaban J connectivity index is 2.55. The van der Waals surface area contributed by atoms with Crippen molar-refractivity contribution in [2.75, 3.05) is 0 Å². The van der Waals surface area contributed by atoms with Crippen LogP contribution in [0.4, 0.5) is 0 Å². The lowest BCUT2D eigenvalue weighted by molar-refractivity contribution is -0.139. The van der Waals surface area contributed by atoms with Crippen molar-refractivity contribution in [3.05, 3.63) is 35.4 Å². The van der Waals surface area contributed by atoms with Gasteiger partial charge in [-0.25, -0.2) is 0 Å². The Morgan fingerprint density at radius 2 is 2.05 bits per heavy atom. The van der Waals surface area contributed by atoms with E-state index < -0.39 is 12.0 Å². The van der Waals surface area contributed by atoms with E-state index in [1.54, 1.807) is 0 Å². The van der Waals surface area contributed by atoms with Crippen LogP contribution in [0.2, 0.25) is 0 Å². The summed E-state index contributed by atoms with van der Waals surface area (Å²) in [6, 6.07) is 7.99. The van der Waals surface area contributed by atoms with Crippen LogP contribution in [0.5, 0.6) is 0 Å². The van der Waals surface area contributed by atoms with Gasteiger partial charge in [0, 0.05) is 6.04 Å². The van der Waals surface area contributed by atoms with Crippen molar-refractivity contribution in [1.82, 2.24) is 5.32 Å². The molecule has 2 atom stereocenters. The number of benzene rings is 1. The Morgan fingerprint density at radius 3 is 2.63 bits per heavy atom. The molecule has 0 spiro atoms. The van der Waals surface area contributed by atoms with E-state index in [1.807, 2.05) is 19.1 Å². The van der Waals surface area contributed by atoms with Gasteiger partial charge in [0.15, 0.2) is 0 Å². The summed E-state index contributed by atoms with van der Waals surface area (Å²) >= 11 is 0. The molecular weight excluding hydrogens is 238 g/mol. The van der Waals surface area contributed by atoms with Crippen LogP contribution in [0.1, 0.15) is 44.2 Å². The van der Waals surface area contributed by atoms with Gasteiger partial charge in [0.25, 0.3) is 0 Å². The van der Waals surface area contributed by atoms with Gasteiger partial charge in [0.2, 0.25) is 0 Å². The molecule has 3 heteroatoms. The van der Waals surface area contributed by atoms with E-state index in [1.165, 1.54) is 11.1 Å². The highest BCUT2D eigenvalue weighted by Gasteiger charge is 2.19. The third-order valence-corrected chi connectivity index (χ3v) is 3.42. The van der Waals surface area contributed by atoms with Gasteiger partial charge in [-0.3, -0.25) is 4.79 Å². The summed E-state index contributed by atoms with van der Waals surface area (Å²) in [5, 5.41) is 12.4. The van der Waals surface area contributed by atoms with E-state index in [2.05, 4.69) is 31.3 Å². The van der Waals surface area contributed by atoms with E-state index >= 15 is 0 Å². The lowest BCUT2D eigenvalue weighted by Gasteiger charge is -2.20. The average Bonchev–Trinajstić information content (AvgIpc) is 2.37. The molecule has 2 unspecified atom stereocenters. The Morgan fingerprint density at radius 1 is 1.37 bits per heavy atom. The summed E-state index contributed by atoms with van der Waals surface area (Å²) in [6.45, 7) is 6.22. The minimum Gasteiger partial charge on any atom is -0.480 e. The van der Waals surface area contributed by atoms with E-state index in [4.69, 9.17) is 0 Å². The molecule has 2 N–H and O–H groups in total. The molecule has 3 nitrogen and oxygen atoms in total. The second-order valence-electron chi connectivity index (χ2n) is 5.23. The zero-order valence-corrected chi connectivity index (χ0v) is 12.1. The standard InChI is InChI=1S/C16H25NO2/c1-4-5-10-15(16(18)19)17-13(3)11-14-9-7-6-8-12(14)2/h6-9,13,15,17H,4-5,10-11H2,1-3H3,(H,18,19). The molecule has 1 aromatic rings. The Kier molecular flexibility index (Phi) is 6.57. The van der Waals surface area contributed by atoms with E-state index in [9.17, 15) is 9.90 Å². The summed E-state index contributed by atoms with van der Waals surface area (Å²) in [5.41, 5.74) is 2.54. The van der Waals surface area contributed by atoms with Crippen molar-refractivity contribution in [2.24, 2.45) is 0 Å². The second kappa shape index (κ2) is 7.95. The molecule has 0 aliphatic carbocycles. The molecule has 0 fully saturated rings. The predicted molar refractivity (Wildman–Crippen MR) is 78.4 cm³/mol. The van der Waals surface area contributed by atoms with Crippen molar-refractivity contribution >= 4 is 5.97 Å². The van der Waals surface area contributed by atoms with Gasteiger partial charge < -0.3 is 10.4 Å². The maximum absolute atomic E-state index is 11.2. The molecule has 1 aromatic carbocycles. The number of aryl methyl sites for hydroxylation is 1. The fraction of sp³-hybridized carbons (Fsp3) is 0.562. The summed E-state index contributed by atoms with van der Waals surface area (Å²) in [6.07, 6.45) is 3.53. The van der Waals surface area contributed by atoms with Gasteiger partial charge >= 0.3 is 5.97 Å². The molecule has 0 saturated carbocycles. The lowest BCUT2D eigenvalue weighted by Crippen LogP contribution is -2.43. The van der Waals surface area contributed by atoms with Crippen LogP contribution in [0.25, 0.3) is 0 Å². The van der Waals surface area contributed by atoms with E-state index in [-0.39, 0.29) is 6.04 Å². The van der Waals surface area contributed by atoms with Crippen LogP contribution < -0.4 is 5.32 Å². The summed E-state index contributed by atoms with van der Waals surface area (Å²) in [4.78, 5) is 11.2. The summed E-state index contributed by atoms with van der Waals surface area (Å²) in [7, 11) is 0. The summed E-state index contributed by atoms with van der Waals surface area (Å²) in [5.74, 6) is -0.745. The number of hydrogen-bond acceptors (Lipinski definition) is 2. The molecule has 0 aliphatic rings.